The lowest BCUT2D eigenvalue weighted by Crippen LogP contribution is -2.35. The molecule has 114 valence electrons. The molecule has 1 aliphatic heterocycles. The maximum Gasteiger partial charge on any atom is 0.296 e. The third-order valence-corrected chi connectivity index (χ3v) is 3.05. The molecular formula is C13H17N3O5. The van der Waals surface area contributed by atoms with Gasteiger partial charge in [0.2, 0.25) is 5.91 Å². The van der Waals surface area contributed by atoms with Gasteiger partial charge < -0.3 is 20.5 Å². The summed E-state index contributed by atoms with van der Waals surface area (Å²) in [6.07, 6.45) is 1.25. The van der Waals surface area contributed by atoms with Gasteiger partial charge in [0, 0.05) is 6.07 Å². The molecule has 0 radical (unpaired) electrons. The first-order valence-corrected chi connectivity index (χ1v) is 6.67. The Morgan fingerprint density at radius 3 is 2.62 bits per heavy atom. The second-order valence-corrected chi connectivity index (χ2v) is 4.65. The Kier molecular flexibility index (Phi) is 4.59. The van der Waals surface area contributed by atoms with Gasteiger partial charge in [0.25, 0.3) is 5.69 Å². The number of hydrogen-bond acceptors (Lipinski definition) is 6. The monoisotopic (exact) mass is 295 g/mol. The molecular weight excluding hydrogens is 278 g/mol. The fraction of sp³-hybridized carbons (Fsp3) is 0.462. The molecule has 0 spiro atoms. The van der Waals surface area contributed by atoms with Crippen LogP contribution in [0.2, 0.25) is 0 Å². The molecule has 0 unspecified atom stereocenters. The summed E-state index contributed by atoms with van der Waals surface area (Å²) in [7, 11) is 0. The van der Waals surface area contributed by atoms with Crippen molar-refractivity contribution < 1.29 is 19.2 Å². The highest BCUT2D eigenvalue weighted by Crippen LogP contribution is 2.39. The van der Waals surface area contributed by atoms with Gasteiger partial charge in [-0.05, 0) is 6.42 Å². The Morgan fingerprint density at radius 2 is 2.05 bits per heavy atom. The lowest BCUT2D eigenvalue weighted by molar-refractivity contribution is -0.384. The minimum absolute atomic E-state index is 0.0563. The number of hydrogen-bond donors (Lipinski definition) is 2. The number of nitro benzene ring substituents is 1. The number of nitrogens with one attached hydrogen (secondary N) is 1. The van der Waals surface area contributed by atoms with Crippen molar-refractivity contribution in [3.63, 3.8) is 0 Å². The quantitative estimate of drug-likeness (QED) is 0.627. The SMILES string of the molecule is CCC[C@@H](N)C(=O)Nc1cc2c(cc1[N+](=O)[O-])OCCO2. The highest BCUT2D eigenvalue weighted by Gasteiger charge is 2.24. The van der Waals surface area contributed by atoms with Gasteiger partial charge in [-0.25, -0.2) is 0 Å². The Morgan fingerprint density at radius 1 is 1.43 bits per heavy atom. The van der Waals surface area contributed by atoms with Crippen LogP contribution < -0.4 is 20.5 Å². The van der Waals surface area contributed by atoms with Crippen molar-refractivity contribution in [2.75, 3.05) is 18.5 Å². The topological polar surface area (TPSA) is 117 Å². The Hall–Kier alpha value is -2.35. The van der Waals surface area contributed by atoms with E-state index in [0.29, 0.717) is 31.1 Å². The zero-order valence-corrected chi connectivity index (χ0v) is 11.6. The van der Waals surface area contributed by atoms with Gasteiger partial charge in [0.15, 0.2) is 11.5 Å². The molecule has 0 bridgehead atoms. The van der Waals surface area contributed by atoms with Crippen LogP contribution in [0.15, 0.2) is 12.1 Å². The number of fused-ring (bicyclic) bond motifs is 1. The summed E-state index contributed by atoms with van der Waals surface area (Å²) in [6.45, 7) is 2.59. The van der Waals surface area contributed by atoms with Crippen LogP contribution in [-0.2, 0) is 4.79 Å². The number of anilines is 1. The van der Waals surface area contributed by atoms with E-state index in [-0.39, 0.29) is 11.4 Å². The predicted molar refractivity (Wildman–Crippen MR) is 75.6 cm³/mol. The van der Waals surface area contributed by atoms with Crippen LogP contribution in [0.4, 0.5) is 11.4 Å². The van der Waals surface area contributed by atoms with Crippen molar-refractivity contribution in [2.24, 2.45) is 5.73 Å². The fourth-order valence-electron chi connectivity index (χ4n) is 2.00. The van der Waals surface area contributed by atoms with Gasteiger partial charge in [-0.3, -0.25) is 14.9 Å². The van der Waals surface area contributed by atoms with Crippen molar-refractivity contribution in [3.8, 4) is 11.5 Å². The summed E-state index contributed by atoms with van der Waals surface area (Å²) in [6, 6.07) is 1.93. The van der Waals surface area contributed by atoms with E-state index in [9.17, 15) is 14.9 Å². The van der Waals surface area contributed by atoms with E-state index in [1.54, 1.807) is 0 Å². The predicted octanol–water partition coefficient (Wildman–Crippen LogP) is 1.43. The van der Waals surface area contributed by atoms with Gasteiger partial charge in [0.05, 0.1) is 17.0 Å². The number of carbonyl (C=O) groups is 1. The molecule has 8 nitrogen and oxygen atoms in total. The van der Waals surface area contributed by atoms with Gasteiger partial charge in [-0.2, -0.15) is 0 Å². The maximum atomic E-state index is 11.9. The number of carbonyl (C=O) groups excluding carboxylic acids is 1. The highest BCUT2D eigenvalue weighted by atomic mass is 16.6. The van der Waals surface area contributed by atoms with Crippen LogP contribution in [-0.4, -0.2) is 30.1 Å². The van der Waals surface area contributed by atoms with Crippen LogP contribution >= 0.6 is 0 Å². The first-order chi connectivity index (χ1) is 10.0. The average molecular weight is 295 g/mol. The molecule has 0 fully saturated rings. The Bertz CT molecular complexity index is 561. The van der Waals surface area contributed by atoms with Crippen molar-refractivity contribution >= 4 is 17.3 Å². The smallest absolute Gasteiger partial charge is 0.296 e. The van der Waals surface area contributed by atoms with Crippen molar-refractivity contribution in [1.82, 2.24) is 0 Å². The fourth-order valence-corrected chi connectivity index (χ4v) is 2.00. The third kappa shape index (κ3) is 3.40. The molecule has 21 heavy (non-hydrogen) atoms. The van der Waals surface area contributed by atoms with E-state index in [1.807, 2.05) is 6.92 Å². The third-order valence-electron chi connectivity index (χ3n) is 3.05. The van der Waals surface area contributed by atoms with E-state index in [2.05, 4.69) is 5.32 Å². The number of ether oxygens (including phenoxy) is 2. The first kappa shape index (κ1) is 15.0. The molecule has 8 heteroatoms. The molecule has 2 rings (SSSR count). The Labute approximate surface area is 121 Å². The summed E-state index contributed by atoms with van der Waals surface area (Å²) in [4.78, 5) is 22.4. The molecule has 1 aliphatic rings. The molecule has 1 aromatic rings. The first-order valence-electron chi connectivity index (χ1n) is 6.67. The van der Waals surface area contributed by atoms with Crippen LogP contribution in [0.25, 0.3) is 0 Å². The van der Waals surface area contributed by atoms with E-state index < -0.39 is 16.9 Å². The zero-order valence-electron chi connectivity index (χ0n) is 11.6. The van der Waals surface area contributed by atoms with Crippen molar-refractivity contribution in [1.29, 1.82) is 0 Å². The molecule has 0 saturated carbocycles. The van der Waals surface area contributed by atoms with Gasteiger partial charge in [-0.1, -0.05) is 13.3 Å². The molecule has 1 atom stereocenters. The van der Waals surface area contributed by atoms with E-state index in [1.165, 1.54) is 12.1 Å². The number of nitrogens with zero attached hydrogens (tertiary/aromatic N) is 1. The van der Waals surface area contributed by atoms with Gasteiger partial charge in [0.1, 0.15) is 18.9 Å². The Balaban J connectivity index is 2.28. The molecule has 0 saturated heterocycles. The van der Waals surface area contributed by atoms with Crippen LogP contribution in [0.3, 0.4) is 0 Å². The van der Waals surface area contributed by atoms with Crippen molar-refractivity contribution in [2.45, 2.75) is 25.8 Å². The molecule has 1 aromatic carbocycles. The lowest BCUT2D eigenvalue weighted by atomic mass is 10.1. The summed E-state index contributed by atoms with van der Waals surface area (Å²) < 4.78 is 10.7. The normalized spacial score (nSPS) is 14.4. The van der Waals surface area contributed by atoms with Crippen molar-refractivity contribution in [3.05, 3.63) is 22.2 Å². The standard InChI is InChI=1S/C13H17N3O5/c1-2-3-8(14)13(17)15-9-6-11-12(21-5-4-20-11)7-10(9)16(18)19/h6-8H,2-5,14H2,1H3,(H,15,17)/t8-/m1/s1. The number of nitrogens with two attached hydrogens (primary N) is 1. The number of rotatable bonds is 5. The maximum absolute atomic E-state index is 11.9. The van der Waals surface area contributed by atoms with E-state index in [0.717, 1.165) is 6.42 Å². The minimum atomic E-state index is -0.706. The highest BCUT2D eigenvalue weighted by molar-refractivity contribution is 5.97. The van der Waals surface area contributed by atoms with E-state index >= 15 is 0 Å². The van der Waals surface area contributed by atoms with E-state index in [4.69, 9.17) is 15.2 Å². The summed E-state index contributed by atoms with van der Waals surface area (Å²) in [5.41, 5.74) is 5.50. The van der Waals surface area contributed by atoms with Crippen LogP contribution in [0, 0.1) is 10.1 Å². The number of benzene rings is 1. The summed E-state index contributed by atoms with van der Waals surface area (Å²) in [5, 5.41) is 13.6. The minimum Gasteiger partial charge on any atom is -0.486 e. The second kappa shape index (κ2) is 6.40. The largest absolute Gasteiger partial charge is 0.486 e. The van der Waals surface area contributed by atoms with Crippen LogP contribution in [0.1, 0.15) is 19.8 Å². The van der Waals surface area contributed by atoms with Crippen LogP contribution in [0.5, 0.6) is 11.5 Å². The van der Waals surface area contributed by atoms with Gasteiger partial charge in [-0.15, -0.1) is 0 Å². The summed E-state index contributed by atoms with van der Waals surface area (Å²) in [5.74, 6) is 0.201. The summed E-state index contributed by atoms with van der Waals surface area (Å²) >= 11 is 0. The second-order valence-electron chi connectivity index (χ2n) is 4.65. The molecule has 1 heterocycles. The molecule has 0 aromatic heterocycles. The lowest BCUT2D eigenvalue weighted by Gasteiger charge is -2.19. The number of amides is 1. The molecule has 0 aliphatic carbocycles. The van der Waals surface area contributed by atoms with Gasteiger partial charge >= 0.3 is 0 Å². The zero-order chi connectivity index (χ0) is 15.4. The average Bonchev–Trinajstić information content (AvgIpc) is 2.46. The number of nitro groups is 1. The molecule has 3 N–H and O–H groups in total. The molecule has 1 amide bonds.